The molecule has 174 valence electrons. The summed E-state index contributed by atoms with van der Waals surface area (Å²) in [5.74, 6) is 2.35. The van der Waals surface area contributed by atoms with Crippen molar-refractivity contribution in [3.8, 4) is 11.5 Å². The maximum Gasteiger partial charge on any atom is 0.234 e. The SMILES string of the molecule is CCn1c(COc2ccc3c(c2)CCCC3)nnc1SCC(=O)Nc1cc(C)ccc1OC. The Balaban J connectivity index is 1.35. The van der Waals surface area contributed by atoms with Crippen LogP contribution < -0.4 is 14.8 Å². The Kier molecular flexibility index (Phi) is 7.54. The number of hydrogen-bond acceptors (Lipinski definition) is 6. The average molecular weight is 467 g/mol. The predicted octanol–water partition coefficient (Wildman–Crippen LogP) is 4.80. The maximum absolute atomic E-state index is 12.5. The van der Waals surface area contributed by atoms with E-state index in [1.165, 1.54) is 35.7 Å². The van der Waals surface area contributed by atoms with Gasteiger partial charge >= 0.3 is 0 Å². The predicted molar refractivity (Wildman–Crippen MR) is 130 cm³/mol. The van der Waals surface area contributed by atoms with Crippen LogP contribution in [0.4, 0.5) is 5.69 Å². The van der Waals surface area contributed by atoms with E-state index in [4.69, 9.17) is 9.47 Å². The number of carbonyl (C=O) groups is 1. The Morgan fingerprint density at radius 2 is 1.94 bits per heavy atom. The molecule has 33 heavy (non-hydrogen) atoms. The highest BCUT2D eigenvalue weighted by atomic mass is 32.2. The maximum atomic E-state index is 12.5. The largest absolute Gasteiger partial charge is 0.495 e. The topological polar surface area (TPSA) is 78.3 Å². The molecule has 0 unspecified atom stereocenters. The first-order valence-electron chi connectivity index (χ1n) is 11.3. The van der Waals surface area contributed by atoms with Gasteiger partial charge in [0.15, 0.2) is 11.0 Å². The number of carbonyl (C=O) groups excluding carboxylic acids is 1. The van der Waals surface area contributed by atoms with E-state index in [2.05, 4.69) is 27.6 Å². The Labute approximate surface area is 198 Å². The van der Waals surface area contributed by atoms with E-state index in [-0.39, 0.29) is 11.7 Å². The lowest BCUT2D eigenvalue weighted by Gasteiger charge is -2.16. The fourth-order valence-electron chi connectivity index (χ4n) is 4.03. The van der Waals surface area contributed by atoms with Gasteiger partial charge in [-0.3, -0.25) is 4.79 Å². The smallest absolute Gasteiger partial charge is 0.234 e. The fraction of sp³-hybridized carbons (Fsp3) is 0.400. The number of hydrogen-bond donors (Lipinski definition) is 1. The van der Waals surface area contributed by atoms with E-state index in [0.29, 0.717) is 29.7 Å². The average Bonchev–Trinajstić information content (AvgIpc) is 3.23. The van der Waals surface area contributed by atoms with Crippen LogP contribution in [-0.2, 0) is 30.8 Å². The lowest BCUT2D eigenvalue weighted by Crippen LogP contribution is -2.15. The normalized spacial score (nSPS) is 12.8. The summed E-state index contributed by atoms with van der Waals surface area (Å²) in [5.41, 5.74) is 4.54. The molecule has 0 atom stereocenters. The number of amides is 1. The lowest BCUT2D eigenvalue weighted by molar-refractivity contribution is -0.113. The lowest BCUT2D eigenvalue weighted by atomic mass is 9.92. The van der Waals surface area contributed by atoms with Crippen molar-refractivity contribution < 1.29 is 14.3 Å². The molecule has 7 nitrogen and oxygen atoms in total. The quantitative estimate of drug-likeness (QED) is 0.456. The van der Waals surface area contributed by atoms with Crippen molar-refractivity contribution in [2.45, 2.75) is 57.8 Å². The van der Waals surface area contributed by atoms with E-state index >= 15 is 0 Å². The molecule has 1 heterocycles. The van der Waals surface area contributed by atoms with Gasteiger partial charge in [0.2, 0.25) is 5.91 Å². The Hall–Kier alpha value is -3.00. The molecule has 8 heteroatoms. The summed E-state index contributed by atoms with van der Waals surface area (Å²) in [6.45, 7) is 5.05. The number of methoxy groups -OCH3 is 1. The summed E-state index contributed by atoms with van der Waals surface area (Å²) in [7, 11) is 1.59. The zero-order chi connectivity index (χ0) is 23.2. The number of aryl methyl sites for hydroxylation is 3. The second-order valence-corrected chi connectivity index (χ2v) is 9.05. The van der Waals surface area contributed by atoms with E-state index in [0.717, 1.165) is 30.0 Å². The third kappa shape index (κ3) is 5.68. The van der Waals surface area contributed by atoms with Crippen molar-refractivity contribution in [2.75, 3.05) is 18.2 Å². The number of rotatable bonds is 9. The van der Waals surface area contributed by atoms with Crippen LogP contribution in [0.1, 0.15) is 42.3 Å². The van der Waals surface area contributed by atoms with Crippen molar-refractivity contribution in [2.24, 2.45) is 0 Å². The van der Waals surface area contributed by atoms with Crippen molar-refractivity contribution in [3.63, 3.8) is 0 Å². The van der Waals surface area contributed by atoms with Crippen molar-refractivity contribution in [1.29, 1.82) is 0 Å². The van der Waals surface area contributed by atoms with Gasteiger partial charge in [-0.1, -0.05) is 23.9 Å². The fourth-order valence-corrected chi connectivity index (χ4v) is 4.85. The molecule has 3 aromatic rings. The summed E-state index contributed by atoms with van der Waals surface area (Å²) < 4.78 is 13.4. The van der Waals surface area contributed by atoms with E-state index in [9.17, 15) is 4.79 Å². The van der Waals surface area contributed by atoms with Crippen molar-refractivity contribution in [1.82, 2.24) is 14.8 Å². The van der Waals surface area contributed by atoms with Gasteiger partial charge in [0.05, 0.1) is 18.6 Å². The van der Waals surface area contributed by atoms with Crippen LogP contribution in [0, 0.1) is 6.92 Å². The summed E-state index contributed by atoms with van der Waals surface area (Å²) >= 11 is 1.36. The van der Waals surface area contributed by atoms with Crippen LogP contribution in [0.25, 0.3) is 0 Å². The molecular formula is C25H30N4O3S. The molecule has 0 aliphatic heterocycles. The van der Waals surface area contributed by atoms with Gasteiger partial charge in [-0.2, -0.15) is 0 Å². The Morgan fingerprint density at radius 3 is 2.73 bits per heavy atom. The first-order chi connectivity index (χ1) is 16.1. The molecule has 0 radical (unpaired) electrons. The summed E-state index contributed by atoms with van der Waals surface area (Å²) in [6, 6.07) is 12.1. The number of thioether (sulfide) groups is 1. The number of anilines is 1. The number of ether oxygens (including phenoxy) is 2. The molecule has 2 aromatic carbocycles. The van der Waals surface area contributed by atoms with Gasteiger partial charge in [0.25, 0.3) is 0 Å². The highest BCUT2D eigenvalue weighted by Crippen LogP contribution is 2.27. The minimum absolute atomic E-state index is 0.124. The Morgan fingerprint density at radius 1 is 1.12 bits per heavy atom. The van der Waals surface area contributed by atoms with Gasteiger partial charge in [-0.25, -0.2) is 0 Å². The molecule has 1 aliphatic rings. The molecule has 0 saturated heterocycles. The minimum atomic E-state index is -0.124. The number of nitrogens with one attached hydrogen (secondary N) is 1. The van der Waals surface area contributed by atoms with Crippen LogP contribution >= 0.6 is 11.8 Å². The van der Waals surface area contributed by atoms with Crippen molar-refractivity contribution >= 4 is 23.4 Å². The van der Waals surface area contributed by atoms with E-state index < -0.39 is 0 Å². The van der Waals surface area contributed by atoms with E-state index in [1.807, 2.05) is 42.7 Å². The summed E-state index contributed by atoms with van der Waals surface area (Å²) in [5, 5.41) is 12.2. The highest BCUT2D eigenvalue weighted by molar-refractivity contribution is 7.99. The highest BCUT2D eigenvalue weighted by Gasteiger charge is 2.16. The number of nitrogens with zero attached hydrogens (tertiary/aromatic N) is 3. The number of fused-ring (bicyclic) bond motifs is 1. The van der Waals surface area contributed by atoms with Crippen LogP contribution in [-0.4, -0.2) is 33.5 Å². The molecule has 0 bridgehead atoms. The summed E-state index contributed by atoms with van der Waals surface area (Å²) in [4.78, 5) is 12.5. The zero-order valence-electron chi connectivity index (χ0n) is 19.4. The molecule has 1 N–H and O–H groups in total. The number of benzene rings is 2. The van der Waals surface area contributed by atoms with Gasteiger partial charge < -0.3 is 19.4 Å². The number of aromatic nitrogens is 3. The molecule has 1 amide bonds. The Bertz CT molecular complexity index is 1130. The molecule has 1 aromatic heterocycles. The molecule has 0 saturated carbocycles. The second kappa shape index (κ2) is 10.7. The molecule has 0 spiro atoms. The molecule has 1 aliphatic carbocycles. The van der Waals surface area contributed by atoms with Crippen molar-refractivity contribution in [3.05, 3.63) is 58.9 Å². The third-order valence-corrected chi connectivity index (χ3v) is 6.73. The first-order valence-corrected chi connectivity index (χ1v) is 12.3. The van der Waals surface area contributed by atoms with Gasteiger partial charge in [-0.05, 0) is 80.5 Å². The zero-order valence-corrected chi connectivity index (χ0v) is 20.2. The first kappa shape index (κ1) is 23.2. The molecule has 4 rings (SSSR count). The minimum Gasteiger partial charge on any atom is -0.495 e. The second-order valence-electron chi connectivity index (χ2n) is 8.11. The van der Waals surface area contributed by atoms with E-state index in [1.54, 1.807) is 7.11 Å². The van der Waals surface area contributed by atoms with Gasteiger partial charge in [0.1, 0.15) is 18.1 Å². The van der Waals surface area contributed by atoms with Crippen LogP contribution in [0.5, 0.6) is 11.5 Å². The molecular weight excluding hydrogens is 436 g/mol. The monoisotopic (exact) mass is 466 g/mol. The van der Waals surface area contributed by atoms with Crippen LogP contribution in [0.15, 0.2) is 41.6 Å². The molecule has 0 fully saturated rings. The van der Waals surface area contributed by atoms with Crippen LogP contribution in [0.2, 0.25) is 0 Å². The summed E-state index contributed by atoms with van der Waals surface area (Å²) in [6.07, 6.45) is 4.79. The van der Waals surface area contributed by atoms with Gasteiger partial charge in [0, 0.05) is 6.54 Å². The van der Waals surface area contributed by atoms with Crippen LogP contribution in [0.3, 0.4) is 0 Å². The third-order valence-electron chi connectivity index (χ3n) is 5.76. The standard InChI is InChI=1S/C25H30N4O3S/c1-4-29-23(15-32-20-11-10-18-7-5-6-8-19(18)14-20)27-28-25(29)33-16-24(30)26-21-13-17(2)9-12-22(21)31-3/h9-14H,4-8,15-16H2,1-3H3,(H,26,30). The van der Waals surface area contributed by atoms with Gasteiger partial charge in [-0.15, -0.1) is 10.2 Å².